The van der Waals surface area contributed by atoms with Crippen molar-refractivity contribution in [1.82, 2.24) is 15.3 Å². The molecule has 142 valence electrons. The average molecular weight is 364 g/mol. The Morgan fingerprint density at radius 2 is 1.93 bits per heavy atom. The van der Waals surface area contributed by atoms with Crippen molar-refractivity contribution in [2.45, 2.75) is 64.0 Å². The largest absolute Gasteiger partial charge is 0.356 e. The summed E-state index contributed by atoms with van der Waals surface area (Å²) < 4.78 is 0. The van der Waals surface area contributed by atoms with Gasteiger partial charge >= 0.3 is 0 Å². The predicted octanol–water partition coefficient (Wildman–Crippen LogP) is 4.11. The Bertz CT molecular complexity index is 825. The highest BCUT2D eigenvalue weighted by atomic mass is 16.1. The molecule has 0 bridgehead atoms. The van der Waals surface area contributed by atoms with Crippen molar-refractivity contribution in [3.05, 3.63) is 41.6 Å². The van der Waals surface area contributed by atoms with Gasteiger partial charge in [-0.3, -0.25) is 4.79 Å². The molecule has 2 fully saturated rings. The average Bonchev–Trinajstić information content (AvgIpc) is 3.51. The summed E-state index contributed by atoms with van der Waals surface area (Å²) in [5.74, 6) is 1.39. The number of nitrogens with one attached hydrogen (secondary N) is 1. The minimum atomic E-state index is -0.0500. The van der Waals surface area contributed by atoms with Crippen molar-refractivity contribution < 1.29 is 4.79 Å². The molecule has 2 aromatic rings. The molecule has 1 heterocycles. The predicted molar refractivity (Wildman–Crippen MR) is 108 cm³/mol. The van der Waals surface area contributed by atoms with Crippen LogP contribution in [0.4, 0.5) is 5.82 Å². The van der Waals surface area contributed by atoms with Crippen LogP contribution < -0.4 is 10.2 Å². The third-order valence-corrected chi connectivity index (χ3v) is 5.66. The van der Waals surface area contributed by atoms with Crippen molar-refractivity contribution >= 4 is 11.7 Å². The van der Waals surface area contributed by atoms with E-state index in [0.29, 0.717) is 23.5 Å². The zero-order valence-electron chi connectivity index (χ0n) is 16.2. The number of anilines is 1. The van der Waals surface area contributed by atoms with E-state index in [2.05, 4.69) is 41.3 Å². The number of carbonyl (C=O) groups is 1. The molecule has 0 radical (unpaired) electrons. The zero-order valence-corrected chi connectivity index (χ0v) is 16.2. The summed E-state index contributed by atoms with van der Waals surface area (Å²) >= 11 is 0. The number of nitrogens with zero attached hydrogens (tertiary/aromatic N) is 3. The Balaban J connectivity index is 1.70. The normalized spacial score (nSPS) is 17.6. The number of aryl methyl sites for hydroxylation is 1. The molecular weight excluding hydrogens is 336 g/mol. The van der Waals surface area contributed by atoms with Crippen LogP contribution in [0.25, 0.3) is 11.4 Å². The first-order chi connectivity index (χ1) is 13.1. The Morgan fingerprint density at radius 1 is 1.15 bits per heavy atom. The van der Waals surface area contributed by atoms with Crippen LogP contribution in [0.2, 0.25) is 0 Å². The molecule has 5 heteroatoms. The molecule has 0 saturated heterocycles. The lowest BCUT2D eigenvalue weighted by Crippen LogP contribution is -2.36. The smallest absolute Gasteiger partial charge is 0.256 e. The van der Waals surface area contributed by atoms with Crippen molar-refractivity contribution in [2.24, 2.45) is 0 Å². The lowest BCUT2D eigenvalue weighted by atomic mass is 9.94. The van der Waals surface area contributed by atoms with E-state index in [9.17, 15) is 4.79 Å². The van der Waals surface area contributed by atoms with Crippen molar-refractivity contribution in [2.75, 3.05) is 11.9 Å². The Labute approximate surface area is 161 Å². The fraction of sp³-hybridized carbons (Fsp3) is 0.500. The number of aromatic nitrogens is 2. The van der Waals surface area contributed by atoms with Crippen LogP contribution in [0.15, 0.2) is 30.5 Å². The number of benzene rings is 1. The minimum absolute atomic E-state index is 0.0500. The monoisotopic (exact) mass is 364 g/mol. The maximum Gasteiger partial charge on any atom is 0.256 e. The van der Waals surface area contributed by atoms with Crippen LogP contribution >= 0.6 is 0 Å². The van der Waals surface area contributed by atoms with Gasteiger partial charge in [-0.2, -0.15) is 0 Å². The Morgan fingerprint density at radius 3 is 2.63 bits per heavy atom. The topological polar surface area (TPSA) is 58.1 Å². The van der Waals surface area contributed by atoms with E-state index in [1.807, 2.05) is 12.1 Å². The maximum atomic E-state index is 12.8. The lowest BCUT2D eigenvalue weighted by molar-refractivity contribution is 0.0951. The second kappa shape index (κ2) is 7.67. The second-order valence-corrected chi connectivity index (χ2v) is 7.95. The summed E-state index contributed by atoms with van der Waals surface area (Å²) in [5.41, 5.74) is 2.75. The van der Waals surface area contributed by atoms with E-state index in [0.717, 1.165) is 37.1 Å². The van der Waals surface area contributed by atoms with Gasteiger partial charge in [0.05, 0.1) is 0 Å². The van der Waals surface area contributed by atoms with Gasteiger partial charge in [-0.1, -0.05) is 43.0 Å². The third-order valence-electron chi connectivity index (χ3n) is 5.66. The molecule has 27 heavy (non-hydrogen) atoms. The fourth-order valence-corrected chi connectivity index (χ4v) is 3.86. The summed E-state index contributed by atoms with van der Waals surface area (Å²) in [6.07, 6.45) is 9.95. The summed E-state index contributed by atoms with van der Waals surface area (Å²) in [5, 5.41) is 3.09. The van der Waals surface area contributed by atoms with Gasteiger partial charge in [-0.05, 0) is 38.7 Å². The minimum Gasteiger partial charge on any atom is -0.356 e. The van der Waals surface area contributed by atoms with Crippen LogP contribution in [0.1, 0.15) is 60.9 Å². The van der Waals surface area contributed by atoms with Gasteiger partial charge in [0.2, 0.25) is 0 Å². The van der Waals surface area contributed by atoms with Crippen LogP contribution in [0.5, 0.6) is 0 Å². The summed E-state index contributed by atoms with van der Waals surface area (Å²) in [7, 11) is 2.08. The van der Waals surface area contributed by atoms with Gasteiger partial charge in [0.15, 0.2) is 5.82 Å². The van der Waals surface area contributed by atoms with Crippen LogP contribution in [-0.4, -0.2) is 35.0 Å². The number of rotatable bonds is 5. The van der Waals surface area contributed by atoms with Gasteiger partial charge in [-0.15, -0.1) is 0 Å². The molecule has 0 spiro atoms. The number of carbonyl (C=O) groups excluding carboxylic acids is 1. The van der Waals surface area contributed by atoms with Gasteiger partial charge in [0.25, 0.3) is 5.91 Å². The van der Waals surface area contributed by atoms with Gasteiger partial charge in [-0.25, -0.2) is 9.97 Å². The summed E-state index contributed by atoms with van der Waals surface area (Å²) in [6, 6.07) is 8.95. The Kier molecular flexibility index (Phi) is 5.10. The third kappa shape index (κ3) is 4.12. The highest BCUT2D eigenvalue weighted by Crippen LogP contribution is 2.29. The van der Waals surface area contributed by atoms with E-state index in [1.165, 1.54) is 24.8 Å². The van der Waals surface area contributed by atoms with E-state index in [-0.39, 0.29) is 5.91 Å². The molecule has 2 aliphatic carbocycles. The van der Waals surface area contributed by atoms with Crippen LogP contribution in [0.3, 0.4) is 0 Å². The number of hydrogen-bond donors (Lipinski definition) is 1. The molecule has 1 aromatic carbocycles. The molecular formula is C22H28N4O. The standard InChI is InChI=1S/C22H28N4O/c1-15-7-6-8-16(13-15)20-23-14-19(22(27)24-17-11-12-17)21(25-20)26(2)18-9-4-3-5-10-18/h6-8,13-14,17-18H,3-5,9-12H2,1-2H3,(H,24,27). The highest BCUT2D eigenvalue weighted by molar-refractivity contribution is 5.99. The molecule has 0 atom stereocenters. The molecule has 0 unspecified atom stereocenters. The molecule has 4 rings (SSSR count). The lowest BCUT2D eigenvalue weighted by Gasteiger charge is -2.33. The maximum absolute atomic E-state index is 12.8. The Hall–Kier alpha value is -2.43. The number of hydrogen-bond acceptors (Lipinski definition) is 4. The van der Waals surface area contributed by atoms with E-state index in [1.54, 1.807) is 6.20 Å². The molecule has 1 aromatic heterocycles. The SMILES string of the molecule is Cc1cccc(-c2ncc(C(=O)NC3CC3)c(N(C)C3CCCCC3)n2)c1. The highest BCUT2D eigenvalue weighted by Gasteiger charge is 2.28. The molecule has 1 N–H and O–H groups in total. The quantitative estimate of drug-likeness (QED) is 0.867. The van der Waals surface area contributed by atoms with Gasteiger partial charge in [0.1, 0.15) is 11.4 Å². The molecule has 2 saturated carbocycles. The van der Waals surface area contributed by atoms with Crippen molar-refractivity contribution in [3.8, 4) is 11.4 Å². The summed E-state index contributed by atoms with van der Waals surface area (Å²) in [6.45, 7) is 2.07. The first-order valence-electron chi connectivity index (χ1n) is 10.1. The second-order valence-electron chi connectivity index (χ2n) is 7.95. The van der Waals surface area contributed by atoms with Gasteiger partial charge in [0, 0.05) is 30.9 Å². The van der Waals surface area contributed by atoms with Crippen LogP contribution in [-0.2, 0) is 0 Å². The molecule has 1 amide bonds. The first kappa shape index (κ1) is 18.0. The van der Waals surface area contributed by atoms with Crippen molar-refractivity contribution in [1.29, 1.82) is 0 Å². The zero-order chi connectivity index (χ0) is 18.8. The molecule has 5 nitrogen and oxygen atoms in total. The van der Waals surface area contributed by atoms with E-state index >= 15 is 0 Å². The molecule has 2 aliphatic rings. The first-order valence-corrected chi connectivity index (χ1v) is 10.1. The van der Waals surface area contributed by atoms with E-state index in [4.69, 9.17) is 4.98 Å². The van der Waals surface area contributed by atoms with Crippen molar-refractivity contribution in [3.63, 3.8) is 0 Å². The molecule has 0 aliphatic heterocycles. The number of amides is 1. The van der Waals surface area contributed by atoms with E-state index < -0.39 is 0 Å². The summed E-state index contributed by atoms with van der Waals surface area (Å²) in [4.78, 5) is 24.4. The fourth-order valence-electron chi connectivity index (χ4n) is 3.86. The van der Waals surface area contributed by atoms with Crippen LogP contribution in [0, 0.1) is 6.92 Å². The van der Waals surface area contributed by atoms with Gasteiger partial charge < -0.3 is 10.2 Å².